The molecular weight excluding hydrogens is 344 g/mol. The molecule has 4 atom stereocenters. The van der Waals surface area contributed by atoms with E-state index in [1.165, 1.54) is 21.1 Å². The van der Waals surface area contributed by atoms with Gasteiger partial charge in [-0.3, -0.25) is 14.4 Å². The van der Waals surface area contributed by atoms with Gasteiger partial charge in [-0.25, -0.2) is 0 Å². The van der Waals surface area contributed by atoms with Crippen LogP contribution in [0.15, 0.2) is 18.2 Å². The molecule has 1 aliphatic heterocycles. The van der Waals surface area contributed by atoms with E-state index >= 15 is 0 Å². The fraction of sp³-hybridized carbons (Fsp3) is 0.500. The number of fused-ring (bicyclic) bond motifs is 1. The Hall–Kier alpha value is -2.61. The summed E-state index contributed by atoms with van der Waals surface area (Å²) in [4.78, 5) is 37.4. The average molecular weight is 364 g/mol. The van der Waals surface area contributed by atoms with E-state index in [9.17, 15) is 19.5 Å². The minimum absolute atomic E-state index is 0.0565. The standard InChI is InChI=1S/C18H20O8/c1-18(22)7-10(19)14(16(20)23-2)13(15(18)17(21)24-3)9-4-5-11-12(6-9)26-8-25-11/h4-6,13-15,22H,7-8H2,1-3H3/t13-,14+,15+,18+/m0/s1. The second-order valence-corrected chi connectivity index (χ2v) is 6.64. The summed E-state index contributed by atoms with van der Waals surface area (Å²) in [5, 5.41) is 10.8. The SMILES string of the molecule is COC(=O)[C@@H]1C(=O)C[C@@](C)(O)[C@@H](C(=O)OC)[C@H]1c1ccc2c(c1)OCO2. The van der Waals surface area contributed by atoms with Crippen LogP contribution in [0.5, 0.6) is 11.5 Å². The minimum atomic E-state index is -1.67. The smallest absolute Gasteiger partial charge is 0.316 e. The Kier molecular flexibility index (Phi) is 4.62. The summed E-state index contributed by atoms with van der Waals surface area (Å²) < 4.78 is 20.3. The van der Waals surface area contributed by atoms with Crippen molar-refractivity contribution in [3.05, 3.63) is 23.8 Å². The molecule has 0 aromatic heterocycles. The van der Waals surface area contributed by atoms with E-state index in [1.54, 1.807) is 18.2 Å². The highest BCUT2D eigenvalue weighted by Gasteiger charge is 2.57. The van der Waals surface area contributed by atoms with E-state index in [1.807, 2.05) is 0 Å². The van der Waals surface area contributed by atoms with Crippen LogP contribution in [-0.2, 0) is 23.9 Å². The number of ketones is 1. The quantitative estimate of drug-likeness (QED) is 0.620. The number of hydrogen-bond donors (Lipinski definition) is 1. The van der Waals surface area contributed by atoms with E-state index in [-0.39, 0.29) is 13.2 Å². The van der Waals surface area contributed by atoms with Gasteiger partial charge in [0.05, 0.1) is 25.7 Å². The zero-order valence-corrected chi connectivity index (χ0v) is 14.7. The van der Waals surface area contributed by atoms with Crippen LogP contribution in [0.1, 0.15) is 24.8 Å². The van der Waals surface area contributed by atoms with Crippen LogP contribution in [0.3, 0.4) is 0 Å². The normalized spacial score (nSPS) is 30.0. The summed E-state index contributed by atoms with van der Waals surface area (Å²) in [6.45, 7) is 1.45. The van der Waals surface area contributed by atoms with E-state index in [4.69, 9.17) is 18.9 Å². The summed E-state index contributed by atoms with van der Waals surface area (Å²) in [5.74, 6) is -4.33. The van der Waals surface area contributed by atoms with Gasteiger partial charge >= 0.3 is 11.9 Å². The first-order valence-electron chi connectivity index (χ1n) is 8.10. The minimum Gasteiger partial charge on any atom is -0.469 e. The molecule has 1 aromatic rings. The maximum atomic E-state index is 12.6. The molecule has 26 heavy (non-hydrogen) atoms. The molecule has 0 bridgehead atoms. The Morgan fingerprint density at radius 3 is 2.46 bits per heavy atom. The molecule has 0 amide bonds. The monoisotopic (exact) mass is 364 g/mol. The largest absolute Gasteiger partial charge is 0.469 e. The van der Waals surface area contributed by atoms with E-state index in [0.29, 0.717) is 17.1 Å². The van der Waals surface area contributed by atoms with E-state index in [2.05, 4.69) is 0 Å². The number of hydrogen-bond acceptors (Lipinski definition) is 8. The van der Waals surface area contributed by atoms with E-state index in [0.717, 1.165) is 0 Å². The van der Waals surface area contributed by atoms with Crippen molar-refractivity contribution in [3.8, 4) is 11.5 Å². The number of benzene rings is 1. The van der Waals surface area contributed by atoms with Gasteiger partial charge in [0.15, 0.2) is 17.3 Å². The van der Waals surface area contributed by atoms with Gasteiger partial charge in [0, 0.05) is 12.3 Å². The van der Waals surface area contributed by atoms with Crippen molar-refractivity contribution < 1.29 is 38.4 Å². The zero-order valence-electron chi connectivity index (χ0n) is 14.7. The number of aliphatic hydroxyl groups is 1. The fourth-order valence-corrected chi connectivity index (χ4v) is 3.79. The van der Waals surface area contributed by atoms with Crippen LogP contribution in [0.2, 0.25) is 0 Å². The molecule has 1 saturated carbocycles. The maximum absolute atomic E-state index is 12.6. The summed E-state index contributed by atoms with van der Waals surface area (Å²) >= 11 is 0. The van der Waals surface area contributed by atoms with Gasteiger partial charge in [-0.1, -0.05) is 6.07 Å². The lowest BCUT2D eigenvalue weighted by Gasteiger charge is -2.43. The molecule has 1 aromatic carbocycles. The van der Waals surface area contributed by atoms with Crippen molar-refractivity contribution in [2.75, 3.05) is 21.0 Å². The lowest BCUT2D eigenvalue weighted by atomic mass is 9.61. The molecule has 140 valence electrons. The Labute approximate surface area is 150 Å². The van der Waals surface area contributed by atoms with Crippen molar-refractivity contribution in [3.63, 3.8) is 0 Å². The van der Waals surface area contributed by atoms with Gasteiger partial charge in [-0.15, -0.1) is 0 Å². The Balaban J connectivity index is 2.15. The second-order valence-electron chi connectivity index (χ2n) is 6.64. The highest BCUT2D eigenvalue weighted by atomic mass is 16.7. The summed E-state index contributed by atoms with van der Waals surface area (Å²) in [6, 6.07) is 4.88. The number of Topliss-reactive ketones (excluding diaryl/α,β-unsaturated/α-hetero) is 1. The van der Waals surface area contributed by atoms with Crippen molar-refractivity contribution in [2.45, 2.75) is 24.9 Å². The third kappa shape index (κ3) is 2.90. The van der Waals surface area contributed by atoms with Gasteiger partial charge in [0.1, 0.15) is 5.92 Å². The number of esters is 2. The molecule has 1 N–H and O–H groups in total. The summed E-state index contributed by atoms with van der Waals surface area (Å²) in [5.41, 5.74) is -1.19. The van der Waals surface area contributed by atoms with Crippen LogP contribution in [0.4, 0.5) is 0 Å². The summed E-state index contributed by atoms with van der Waals surface area (Å²) in [7, 11) is 2.37. The maximum Gasteiger partial charge on any atom is 0.316 e. The van der Waals surface area contributed by atoms with Gasteiger partial charge in [-0.05, 0) is 24.6 Å². The first kappa shape index (κ1) is 18.2. The van der Waals surface area contributed by atoms with Crippen molar-refractivity contribution in [1.29, 1.82) is 0 Å². The predicted octanol–water partition coefficient (Wildman–Crippen LogP) is 0.801. The molecule has 8 nitrogen and oxygen atoms in total. The second kappa shape index (κ2) is 6.60. The van der Waals surface area contributed by atoms with E-state index < -0.39 is 41.1 Å². The molecule has 2 aliphatic rings. The van der Waals surface area contributed by atoms with Gasteiger partial charge in [-0.2, -0.15) is 0 Å². The Bertz CT molecular complexity index is 754. The van der Waals surface area contributed by atoms with Crippen LogP contribution in [0.25, 0.3) is 0 Å². The molecule has 8 heteroatoms. The lowest BCUT2D eigenvalue weighted by molar-refractivity contribution is -0.170. The number of rotatable bonds is 3. The average Bonchev–Trinajstić information content (AvgIpc) is 3.06. The van der Waals surface area contributed by atoms with Crippen LogP contribution < -0.4 is 9.47 Å². The third-order valence-electron chi connectivity index (χ3n) is 4.96. The van der Waals surface area contributed by atoms with Crippen LogP contribution in [-0.4, -0.2) is 49.4 Å². The number of ether oxygens (including phenoxy) is 4. The van der Waals surface area contributed by atoms with Crippen LogP contribution >= 0.6 is 0 Å². The van der Waals surface area contributed by atoms with Gasteiger partial charge in [0.2, 0.25) is 6.79 Å². The highest BCUT2D eigenvalue weighted by molar-refractivity contribution is 6.02. The molecule has 0 unspecified atom stereocenters. The fourth-order valence-electron chi connectivity index (χ4n) is 3.79. The first-order valence-corrected chi connectivity index (χ1v) is 8.10. The molecule has 0 radical (unpaired) electrons. The van der Waals surface area contributed by atoms with Gasteiger partial charge in [0.25, 0.3) is 0 Å². The third-order valence-corrected chi connectivity index (χ3v) is 4.96. The van der Waals surface area contributed by atoms with Crippen LogP contribution in [0, 0.1) is 11.8 Å². The topological polar surface area (TPSA) is 108 Å². The molecule has 1 heterocycles. The summed E-state index contributed by atoms with van der Waals surface area (Å²) in [6.07, 6.45) is -0.354. The lowest BCUT2D eigenvalue weighted by Crippen LogP contribution is -2.55. The number of carbonyl (C=O) groups is 3. The first-order chi connectivity index (χ1) is 12.3. The zero-order chi connectivity index (χ0) is 19.1. The molecule has 1 fully saturated rings. The molecular formula is C18H20O8. The Morgan fingerprint density at radius 1 is 1.15 bits per heavy atom. The van der Waals surface area contributed by atoms with Crippen molar-refractivity contribution in [1.82, 2.24) is 0 Å². The molecule has 0 spiro atoms. The van der Waals surface area contributed by atoms with Crippen molar-refractivity contribution >= 4 is 17.7 Å². The molecule has 0 saturated heterocycles. The molecule has 3 rings (SSSR count). The number of carbonyl (C=O) groups excluding carboxylic acids is 3. The Morgan fingerprint density at radius 2 is 1.81 bits per heavy atom. The highest BCUT2D eigenvalue weighted by Crippen LogP contribution is 2.48. The predicted molar refractivity (Wildman–Crippen MR) is 86.6 cm³/mol. The van der Waals surface area contributed by atoms with Crippen molar-refractivity contribution in [2.24, 2.45) is 11.8 Å². The van der Waals surface area contributed by atoms with Gasteiger partial charge < -0.3 is 24.1 Å². The number of methoxy groups -OCH3 is 2. The molecule has 1 aliphatic carbocycles.